The van der Waals surface area contributed by atoms with Gasteiger partial charge in [0.05, 0.1) is 11.4 Å². The van der Waals surface area contributed by atoms with Gasteiger partial charge in [-0.05, 0) is 61.7 Å². The quantitative estimate of drug-likeness (QED) is 0.357. The van der Waals surface area contributed by atoms with E-state index in [1.54, 1.807) is 24.3 Å². The van der Waals surface area contributed by atoms with Gasteiger partial charge in [0.25, 0.3) is 11.8 Å². The van der Waals surface area contributed by atoms with Crippen molar-refractivity contribution in [1.29, 1.82) is 0 Å². The standard InChI is InChI=1S/C32H39N5O4/c1-3-25-12-14-29(41-25)32(40)34-26-22-24(31(39)33-15-7-17-37-16-6-10-30(37)38)11-13-28(26)36-20-18-35(19-21-36)27-9-5-4-8-23(27)2/h4-5,8-9,11-14,22H,3,6-7,10,15-21H2,1-2H3,(H,33,39)(H,34,40). The van der Waals surface area contributed by atoms with E-state index in [9.17, 15) is 14.4 Å². The van der Waals surface area contributed by atoms with Crippen LogP contribution in [0.1, 0.15) is 58.4 Å². The molecular weight excluding hydrogens is 518 g/mol. The molecule has 0 atom stereocenters. The first-order valence-electron chi connectivity index (χ1n) is 14.6. The summed E-state index contributed by atoms with van der Waals surface area (Å²) in [6.45, 7) is 9.26. The van der Waals surface area contributed by atoms with Crippen molar-refractivity contribution < 1.29 is 18.8 Å². The van der Waals surface area contributed by atoms with Crippen LogP contribution in [-0.2, 0) is 11.2 Å². The van der Waals surface area contributed by atoms with Crippen LogP contribution in [0.2, 0.25) is 0 Å². The summed E-state index contributed by atoms with van der Waals surface area (Å²) in [4.78, 5) is 44.5. The zero-order valence-electron chi connectivity index (χ0n) is 23.9. The summed E-state index contributed by atoms with van der Waals surface area (Å²) in [5.74, 6) is 0.609. The van der Waals surface area contributed by atoms with Gasteiger partial charge in [-0.1, -0.05) is 25.1 Å². The second-order valence-electron chi connectivity index (χ2n) is 10.7. The number of piperazine rings is 1. The average molecular weight is 558 g/mol. The fraction of sp³-hybridized carbons (Fsp3) is 0.406. The molecule has 0 radical (unpaired) electrons. The Hall–Kier alpha value is -4.27. The highest BCUT2D eigenvalue weighted by molar-refractivity contribution is 6.05. The summed E-state index contributed by atoms with van der Waals surface area (Å²) in [6, 6.07) is 17.3. The van der Waals surface area contributed by atoms with Crippen LogP contribution in [0.3, 0.4) is 0 Å². The van der Waals surface area contributed by atoms with Gasteiger partial charge in [0, 0.05) is 69.9 Å². The number of para-hydroxylation sites is 1. The molecule has 0 saturated carbocycles. The average Bonchev–Trinajstić information content (AvgIpc) is 3.64. The van der Waals surface area contributed by atoms with E-state index >= 15 is 0 Å². The normalized spacial score (nSPS) is 15.4. The van der Waals surface area contributed by atoms with Crippen molar-refractivity contribution >= 4 is 34.8 Å². The first kappa shape index (κ1) is 28.3. The van der Waals surface area contributed by atoms with Crippen molar-refractivity contribution in [3.63, 3.8) is 0 Å². The van der Waals surface area contributed by atoms with Gasteiger partial charge in [0.2, 0.25) is 5.91 Å². The number of aryl methyl sites for hydroxylation is 2. The van der Waals surface area contributed by atoms with Crippen LogP contribution in [0.5, 0.6) is 0 Å². The Morgan fingerprint density at radius 2 is 1.66 bits per heavy atom. The van der Waals surface area contributed by atoms with Crippen molar-refractivity contribution in [3.8, 4) is 0 Å². The number of rotatable bonds is 10. The summed E-state index contributed by atoms with van der Waals surface area (Å²) >= 11 is 0. The summed E-state index contributed by atoms with van der Waals surface area (Å²) in [5.41, 5.74) is 4.40. The van der Waals surface area contributed by atoms with Gasteiger partial charge in [0.1, 0.15) is 5.76 Å². The Kier molecular flexibility index (Phi) is 8.91. The van der Waals surface area contributed by atoms with Crippen LogP contribution >= 0.6 is 0 Å². The summed E-state index contributed by atoms with van der Waals surface area (Å²) in [6.07, 6.45) is 2.92. The second-order valence-corrected chi connectivity index (χ2v) is 10.7. The molecule has 2 saturated heterocycles. The molecule has 9 heteroatoms. The van der Waals surface area contributed by atoms with E-state index in [1.165, 1.54) is 11.3 Å². The third-order valence-corrected chi connectivity index (χ3v) is 7.88. The van der Waals surface area contributed by atoms with Crippen LogP contribution in [-0.4, -0.2) is 68.4 Å². The van der Waals surface area contributed by atoms with Crippen LogP contribution in [0.4, 0.5) is 17.1 Å². The predicted octanol–water partition coefficient (Wildman–Crippen LogP) is 4.47. The maximum absolute atomic E-state index is 13.1. The van der Waals surface area contributed by atoms with E-state index in [4.69, 9.17) is 4.42 Å². The highest BCUT2D eigenvalue weighted by atomic mass is 16.3. The van der Waals surface area contributed by atoms with Crippen LogP contribution in [0.25, 0.3) is 0 Å². The molecule has 2 aliphatic heterocycles. The predicted molar refractivity (Wildman–Crippen MR) is 161 cm³/mol. The van der Waals surface area contributed by atoms with Crippen LogP contribution in [0.15, 0.2) is 59.0 Å². The van der Waals surface area contributed by atoms with Gasteiger partial charge in [-0.2, -0.15) is 0 Å². The molecule has 0 unspecified atom stereocenters. The highest BCUT2D eigenvalue weighted by Crippen LogP contribution is 2.30. The number of likely N-dealkylation sites (tertiary alicyclic amines) is 1. The number of hydrogen-bond acceptors (Lipinski definition) is 6. The molecule has 3 amide bonds. The molecule has 9 nitrogen and oxygen atoms in total. The monoisotopic (exact) mass is 557 g/mol. The van der Waals surface area contributed by atoms with Crippen molar-refractivity contribution in [2.45, 2.75) is 39.5 Å². The smallest absolute Gasteiger partial charge is 0.291 e. The molecule has 3 heterocycles. The van der Waals surface area contributed by atoms with E-state index in [-0.39, 0.29) is 23.5 Å². The molecule has 2 fully saturated rings. The Bertz CT molecular complexity index is 1390. The molecule has 2 N–H and O–H groups in total. The topological polar surface area (TPSA) is 98.1 Å². The largest absolute Gasteiger partial charge is 0.456 e. The lowest BCUT2D eigenvalue weighted by atomic mass is 10.1. The molecule has 0 bridgehead atoms. The number of hydrogen-bond donors (Lipinski definition) is 2. The fourth-order valence-electron chi connectivity index (χ4n) is 5.55. The Balaban J connectivity index is 1.29. The van der Waals surface area contributed by atoms with E-state index in [0.29, 0.717) is 43.6 Å². The van der Waals surface area contributed by atoms with Gasteiger partial charge in [-0.25, -0.2) is 0 Å². The molecule has 3 aromatic rings. The van der Waals surface area contributed by atoms with Gasteiger partial charge < -0.3 is 29.8 Å². The number of carbonyl (C=O) groups excluding carboxylic acids is 3. The Morgan fingerprint density at radius 3 is 2.34 bits per heavy atom. The molecule has 2 aliphatic rings. The fourth-order valence-corrected chi connectivity index (χ4v) is 5.55. The highest BCUT2D eigenvalue weighted by Gasteiger charge is 2.23. The minimum atomic E-state index is -0.350. The molecule has 5 rings (SSSR count). The lowest BCUT2D eigenvalue weighted by Crippen LogP contribution is -2.47. The SMILES string of the molecule is CCc1ccc(C(=O)Nc2cc(C(=O)NCCCN3CCCC3=O)ccc2N2CCN(c3ccccc3C)CC2)o1. The molecule has 0 spiro atoms. The van der Waals surface area contributed by atoms with E-state index < -0.39 is 0 Å². The zero-order valence-corrected chi connectivity index (χ0v) is 23.9. The number of benzene rings is 2. The molecule has 2 aromatic carbocycles. The molecule has 1 aromatic heterocycles. The first-order valence-corrected chi connectivity index (χ1v) is 14.6. The van der Waals surface area contributed by atoms with Crippen molar-refractivity contribution in [3.05, 3.63) is 77.2 Å². The molecule has 216 valence electrons. The maximum atomic E-state index is 13.1. The van der Waals surface area contributed by atoms with Gasteiger partial charge in [0.15, 0.2) is 5.76 Å². The summed E-state index contributed by atoms with van der Waals surface area (Å²) in [5, 5.41) is 5.97. The number of anilines is 3. The van der Waals surface area contributed by atoms with E-state index in [0.717, 1.165) is 50.6 Å². The van der Waals surface area contributed by atoms with E-state index in [1.807, 2.05) is 17.9 Å². The van der Waals surface area contributed by atoms with Crippen molar-refractivity contribution in [2.75, 3.05) is 60.9 Å². The van der Waals surface area contributed by atoms with Crippen LogP contribution < -0.4 is 20.4 Å². The minimum absolute atomic E-state index is 0.189. The van der Waals surface area contributed by atoms with E-state index in [2.05, 4.69) is 51.6 Å². The van der Waals surface area contributed by atoms with Crippen molar-refractivity contribution in [2.24, 2.45) is 0 Å². The minimum Gasteiger partial charge on any atom is -0.456 e. The number of furan rings is 1. The number of nitrogens with one attached hydrogen (secondary N) is 2. The van der Waals surface area contributed by atoms with Crippen molar-refractivity contribution in [1.82, 2.24) is 10.2 Å². The second kappa shape index (κ2) is 12.9. The number of carbonyl (C=O) groups is 3. The number of nitrogens with zero attached hydrogens (tertiary/aromatic N) is 3. The third-order valence-electron chi connectivity index (χ3n) is 7.88. The maximum Gasteiger partial charge on any atom is 0.291 e. The third kappa shape index (κ3) is 6.73. The van der Waals surface area contributed by atoms with Crippen LogP contribution in [0, 0.1) is 6.92 Å². The lowest BCUT2D eigenvalue weighted by Gasteiger charge is -2.38. The molecular formula is C32H39N5O4. The summed E-state index contributed by atoms with van der Waals surface area (Å²) in [7, 11) is 0. The Morgan fingerprint density at radius 1 is 0.902 bits per heavy atom. The first-order chi connectivity index (χ1) is 19.9. The van der Waals surface area contributed by atoms with Gasteiger partial charge in [-0.15, -0.1) is 0 Å². The van der Waals surface area contributed by atoms with Gasteiger partial charge >= 0.3 is 0 Å². The Labute approximate surface area is 241 Å². The van der Waals surface area contributed by atoms with Gasteiger partial charge in [-0.3, -0.25) is 14.4 Å². The lowest BCUT2D eigenvalue weighted by molar-refractivity contribution is -0.127. The summed E-state index contributed by atoms with van der Waals surface area (Å²) < 4.78 is 5.68. The molecule has 41 heavy (non-hydrogen) atoms. The molecule has 0 aliphatic carbocycles. The number of amides is 3. The zero-order chi connectivity index (χ0) is 28.8.